The average Bonchev–Trinajstić information content (AvgIpc) is 3.04. The highest BCUT2D eigenvalue weighted by Crippen LogP contribution is 2.32. The maximum Gasteiger partial charge on any atom is 0.241 e. The van der Waals surface area contributed by atoms with Gasteiger partial charge in [-0.3, -0.25) is 10.1 Å². The Morgan fingerprint density at radius 3 is 2.76 bits per heavy atom. The van der Waals surface area contributed by atoms with E-state index >= 15 is 0 Å². The lowest BCUT2D eigenvalue weighted by atomic mass is 10.1. The number of nitrogens with zero attached hydrogens (tertiary/aromatic N) is 1. The first-order valence-corrected chi connectivity index (χ1v) is 9.83. The first-order valence-electron chi connectivity index (χ1n) is 7.19. The van der Waals surface area contributed by atoms with Crippen molar-refractivity contribution in [2.75, 3.05) is 18.1 Å². The lowest BCUT2D eigenvalue weighted by molar-refractivity contribution is -0.130. The molecule has 1 amide bonds. The highest BCUT2D eigenvalue weighted by atomic mass is 32.2. The number of hydrogen-bond donors (Lipinski definition) is 1. The van der Waals surface area contributed by atoms with Crippen molar-refractivity contribution >= 4 is 27.1 Å². The van der Waals surface area contributed by atoms with Crippen LogP contribution >= 0.6 is 11.3 Å². The first-order chi connectivity index (χ1) is 9.85. The maximum absolute atomic E-state index is 12.4. The summed E-state index contributed by atoms with van der Waals surface area (Å²) in [5.74, 6) is 0.595. The van der Waals surface area contributed by atoms with Gasteiger partial charge in [-0.2, -0.15) is 0 Å². The molecule has 3 rings (SSSR count). The van der Waals surface area contributed by atoms with Gasteiger partial charge in [0.2, 0.25) is 5.91 Å². The number of nitrogens with one attached hydrogen (secondary N) is 1. The predicted octanol–water partition coefficient (Wildman–Crippen LogP) is 1.31. The van der Waals surface area contributed by atoms with Crippen LogP contribution in [0.25, 0.3) is 0 Å². The number of carbonyl (C=O) groups is 1. The number of sulfone groups is 1. The molecule has 2 fully saturated rings. The Bertz CT molecular complexity index is 653. The smallest absolute Gasteiger partial charge is 0.241 e. The van der Waals surface area contributed by atoms with Gasteiger partial charge >= 0.3 is 0 Å². The molecule has 2 saturated heterocycles. The van der Waals surface area contributed by atoms with Crippen molar-refractivity contribution in [3.05, 3.63) is 21.9 Å². The van der Waals surface area contributed by atoms with E-state index in [9.17, 15) is 13.2 Å². The molecule has 3 atom stereocenters. The van der Waals surface area contributed by atoms with E-state index in [2.05, 4.69) is 5.32 Å². The van der Waals surface area contributed by atoms with Crippen LogP contribution < -0.4 is 5.32 Å². The summed E-state index contributed by atoms with van der Waals surface area (Å²) in [5, 5.41) is 3.32. The molecule has 0 saturated carbocycles. The molecule has 0 spiro atoms. The summed E-state index contributed by atoms with van der Waals surface area (Å²) >= 11 is 1.68. The van der Waals surface area contributed by atoms with E-state index in [-0.39, 0.29) is 35.5 Å². The number of rotatable bonds is 3. The van der Waals surface area contributed by atoms with Crippen molar-refractivity contribution in [1.29, 1.82) is 0 Å². The zero-order valence-electron chi connectivity index (χ0n) is 12.2. The second-order valence-electron chi connectivity index (χ2n) is 6.00. The molecule has 2 aliphatic rings. The van der Waals surface area contributed by atoms with Gasteiger partial charge in [0.1, 0.15) is 6.17 Å². The topological polar surface area (TPSA) is 66.5 Å². The Morgan fingerprint density at radius 1 is 1.43 bits per heavy atom. The van der Waals surface area contributed by atoms with Gasteiger partial charge in [-0.05, 0) is 38.3 Å². The molecule has 21 heavy (non-hydrogen) atoms. The van der Waals surface area contributed by atoms with Gasteiger partial charge in [-0.25, -0.2) is 8.42 Å². The third-order valence-electron chi connectivity index (χ3n) is 4.19. The van der Waals surface area contributed by atoms with Gasteiger partial charge in [-0.15, -0.1) is 11.3 Å². The zero-order chi connectivity index (χ0) is 15.2. The SMILES string of the molecule is Cc1ccc(C2NC(C)C(=O)N2CC2CCS(=O)(=O)C2)s1. The molecule has 5 nitrogen and oxygen atoms in total. The molecule has 2 aliphatic heterocycles. The summed E-state index contributed by atoms with van der Waals surface area (Å²) in [4.78, 5) is 16.5. The lowest BCUT2D eigenvalue weighted by Crippen LogP contribution is -2.35. The van der Waals surface area contributed by atoms with Crippen LogP contribution in [0.2, 0.25) is 0 Å². The lowest BCUT2D eigenvalue weighted by Gasteiger charge is -2.25. The molecular weight excluding hydrogens is 308 g/mol. The molecule has 3 unspecified atom stereocenters. The fourth-order valence-corrected chi connectivity index (χ4v) is 5.90. The van der Waals surface area contributed by atoms with Crippen molar-refractivity contribution in [2.24, 2.45) is 5.92 Å². The number of thiophene rings is 1. The molecule has 116 valence electrons. The number of hydrogen-bond acceptors (Lipinski definition) is 5. The molecule has 0 bridgehead atoms. The monoisotopic (exact) mass is 328 g/mol. The quantitative estimate of drug-likeness (QED) is 0.908. The molecule has 1 aromatic heterocycles. The van der Waals surface area contributed by atoms with Crippen LogP contribution in [0.1, 0.15) is 29.3 Å². The standard InChI is InChI=1S/C14H20N2O3S2/c1-9-3-4-12(20-9)13-15-10(2)14(17)16(13)7-11-5-6-21(18,19)8-11/h3-4,10-11,13,15H,5-8H2,1-2H3. The molecule has 1 N–H and O–H groups in total. The minimum atomic E-state index is -2.90. The van der Waals surface area contributed by atoms with Crippen LogP contribution in [0.4, 0.5) is 0 Å². The van der Waals surface area contributed by atoms with Crippen LogP contribution in [0.15, 0.2) is 12.1 Å². The molecule has 0 aliphatic carbocycles. The van der Waals surface area contributed by atoms with Gasteiger partial charge in [0.05, 0.1) is 17.5 Å². The number of aryl methyl sites for hydroxylation is 1. The van der Waals surface area contributed by atoms with Crippen LogP contribution in [0.3, 0.4) is 0 Å². The Balaban J connectivity index is 1.79. The molecule has 7 heteroatoms. The van der Waals surface area contributed by atoms with Crippen LogP contribution in [-0.2, 0) is 14.6 Å². The van der Waals surface area contributed by atoms with Gasteiger partial charge in [0.25, 0.3) is 0 Å². The van der Waals surface area contributed by atoms with Gasteiger partial charge < -0.3 is 4.90 Å². The first kappa shape index (κ1) is 15.0. The normalized spacial score (nSPS) is 32.0. The molecule has 0 aromatic carbocycles. The second-order valence-corrected chi connectivity index (χ2v) is 9.55. The Hall–Kier alpha value is -0.920. The summed E-state index contributed by atoms with van der Waals surface area (Å²) in [7, 11) is -2.90. The van der Waals surface area contributed by atoms with E-state index in [0.717, 1.165) is 4.88 Å². The van der Waals surface area contributed by atoms with Crippen LogP contribution in [-0.4, -0.2) is 43.3 Å². The molecular formula is C14H20N2O3S2. The van der Waals surface area contributed by atoms with E-state index in [1.54, 1.807) is 11.3 Å². The fraction of sp³-hybridized carbons (Fsp3) is 0.643. The minimum absolute atomic E-state index is 0.0645. The van der Waals surface area contributed by atoms with Gasteiger partial charge in [-0.1, -0.05) is 0 Å². The average molecular weight is 328 g/mol. The number of carbonyl (C=O) groups excluding carboxylic acids is 1. The van der Waals surface area contributed by atoms with E-state index in [1.165, 1.54) is 4.88 Å². The van der Waals surface area contributed by atoms with E-state index in [1.807, 2.05) is 30.9 Å². The van der Waals surface area contributed by atoms with Gasteiger partial charge in [0.15, 0.2) is 9.84 Å². The fourth-order valence-electron chi connectivity index (χ4n) is 3.10. The molecule has 0 radical (unpaired) electrons. The largest absolute Gasteiger partial charge is 0.320 e. The summed E-state index contributed by atoms with van der Waals surface area (Å²) < 4.78 is 23.2. The van der Waals surface area contributed by atoms with Gasteiger partial charge in [0, 0.05) is 16.3 Å². The van der Waals surface area contributed by atoms with Crippen molar-refractivity contribution in [1.82, 2.24) is 10.2 Å². The second kappa shape index (κ2) is 5.37. The van der Waals surface area contributed by atoms with Crippen molar-refractivity contribution in [3.8, 4) is 0 Å². The third kappa shape index (κ3) is 3.00. The third-order valence-corrected chi connectivity index (χ3v) is 7.08. The summed E-state index contributed by atoms with van der Waals surface area (Å²) in [6.45, 7) is 4.43. The maximum atomic E-state index is 12.4. The summed E-state index contributed by atoms with van der Waals surface area (Å²) in [6, 6.07) is 3.88. The van der Waals surface area contributed by atoms with Crippen molar-refractivity contribution in [2.45, 2.75) is 32.5 Å². The zero-order valence-corrected chi connectivity index (χ0v) is 13.8. The Morgan fingerprint density at radius 2 is 2.19 bits per heavy atom. The summed E-state index contributed by atoms with van der Waals surface area (Å²) in [5.41, 5.74) is 0. The predicted molar refractivity (Wildman–Crippen MR) is 82.9 cm³/mol. The molecule has 1 aromatic rings. The summed E-state index contributed by atoms with van der Waals surface area (Å²) in [6.07, 6.45) is 0.547. The Kier molecular flexibility index (Phi) is 3.83. The minimum Gasteiger partial charge on any atom is -0.320 e. The van der Waals surface area contributed by atoms with Crippen molar-refractivity contribution in [3.63, 3.8) is 0 Å². The Labute approximate surface area is 129 Å². The van der Waals surface area contributed by atoms with E-state index in [0.29, 0.717) is 13.0 Å². The van der Waals surface area contributed by atoms with E-state index in [4.69, 9.17) is 0 Å². The molecule has 3 heterocycles. The number of amides is 1. The van der Waals surface area contributed by atoms with Crippen molar-refractivity contribution < 1.29 is 13.2 Å². The highest BCUT2D eigenvalue weighted by molar-refractivity contribution is 7.91. The highest BCUT2D eigenvalue weighted by Gasteiger charge is 2.40. The van der Waals surface area contributed by atoms with Crippen LogP contribution in [0, 0.1) is 12.8 Å². The van der Waals surface area contributed by atoms with Crippen LogP contribution in [0.5, 0.6) is 0 Å². The van der Waals surface area contributed by atoms with E-state index < -0.39 is 9.84 Å².